The second kappa shape index (κ2) is 4.74. The molecular formula is C12H25FO2Si. The summed E-state index contributed by atoms with van der Waals surface area (Å²) in [6.07, 6.45) is -0.232. The molecule has 4 heteroatoms. The molecule has 0 aromatic carbocycles. The highest BCUT2D eigenvalue weighted by molar-refractivity contribution is 6.74. The van der Waals surface area contributed by atoms with Crippen LogP contribution in [0.25, 0.3) is 0 Å². The Morgan fingerprint density at radius 3 is 2.25 bits per heavy atom. The second-order valence-corrected chi connectivity index (χ2v) is 11.2. The maximum absolute atomic E-state index is 13.8. The Morgan fingerprint density at radius 2 is 1.81 bits per heavy atom. The summed E-state index contributed by atoms with van der Waals surface area (Å²) in [6.45, 7) is 10.8. The molecule has 1 rings (SSSR count). The van der Waals surface area contributed by atoms with Gasteiger partial charge in [0.05, 0.1) is 12.2 Å². The number of aliphatic hydroxyl groups is 1. The molecule has 3 atom stereocenters. The highest BCUT2D eigenvalue weighted by atomic mass is 28.4. The lowest BCUT2D eigenvalue weighted by Crippen LogP contribution is -2.48. The third-order valence-corrected chi connectivity index (χ3v) is 8.44. The van der Waals surface area contributed by atoms with Gasteiger partial charge in [-0.2, -0.15) is 0 Å². The first-order valence-electron chi connectivity index (χ1n) is 6.13. The van der Waals surface area contributed by atoms with E-state index in [1.807, 2.05) is 0 Å². The van der Waals surface area contributed by atoms with E-state index < -0.39 is 20.6 Å². The molecule has 1 aliphatic carbocycles. The number of alkyl halides is 1. The smallest absolute Gasteiger partial charge is 0.192 e. The zero-order valence-electron chi connectivity index (χ0n) is 11.1. The minimum atomic E-state index is -1.88. The van der Waals surface area contributed by atoms with Crippen LogP contribution in [0.3, 0.4) is 0 Å². The molecular weight excluding hydrogens is 223 g/mol. The van der Waals surface area contributed by atoms with Crippen LogP contribution in [0.5, 0.6) is 0 Å². The predicted octanol–water partition coefficient (Wildman–Crippen LogP) is 3.26. The van der Waals surface area contributed by atoms with Crippen molar-refractivity contribution in [3.63, 3.8) is 0 Å². The van der Waals surface area contributed by atoms with Crippen LogP contribution in [0.1, 0.15) is 40.0 Å². The fourth-order valence-corrected chi connectivity index (χ4v) is 3.13. The molecule has 0 heterocycles. The van der Waals surface area contributed by atoms with Gasteiger partial charge in [0.1, 0.15) is 6.17 Å². The Hall–Kier alpha value is 0.0669. The van der Waals surface area contributed by atoms with Gasteiger partial charge in [0.2, 0.25) is 0 Å². The van der Waals surface area contributed by atoms with E-state index in [0.717, 1.165) is 0 Å². The summed E-state index contributed by atoms with van der Waals surface area (Å²) in [4.78, 5) is 0. The van der Waals surface area contributed by atoms with Gasteiger partial charge in [-0.1, -0.05) is 20.8 Å². The van der Waals surface area contributed by atoms with Gasteiger partial charge < -0.3 is 9.53 Å². The quantitative estimate of drug-likeness (QED) is 0.760. The van der Waals surface area contributed by atoms with Crippen LogP contribution in [-0.2, 0) is 4.43 Å². The van der Waals surface area contributed by atoms with E-state index >= 15 is 0 Å². The van der Waals surface area contributed by atoms with E-state index in [9.17, 15) is 9.50 Å². The Bertz CT molecular complexity index is 238. The Kier molecular flexibility index (Phi) is 4.19. The van der Waals surface area contributed by atoms with Gasteiger partial charge in [-0.25, -0.2) is 4.39 Å². The standard InChI is InChI=1S/C12H25FO2Si/c1-12(2,3)16(4,5)15-11-7-6-9(14)8-10(11)13/h9-11,14H,6-8H2,1-5H3. The van der Waals surface area contributed by atoms with Crippen molar-refractivity contribution in [2.45, 2.75) is 76.5 Å². The van der Waals surface area contributed by atoms with Gasteiger partial charge >= 0.3 is 0 Å². The predicted molar refractivity (Wildman–Crippen MR) is 66.8 cm³/mol. The van der Waals surface area contributed by atoms with Gasteiger partial charge in [0.15, 0.2) is 8.32 Å². The first-order valence-corrected chi connectivity index (χ1v) is 9.04. The molecule has 1 fully saturated rings. The molecule has 16 heavy (non-hydrogen) atoms. The Balaban J connectivity index is 2.60. The summed E-state index contributed by atoms with van der Waals surface area (Å²) in [5.74, 6) is 0. The summed E-state index contributed by atoms with van der Waals surface area (Å²) in [5.41, 5.74) is 0. The highest BCUT2D eigenvalue weighted by Gasteiger charge is 2.42. The minimum absolute atomic E-state index is 0.114. The Labute approximate surface area is 99.3 Å². The van der Waals surface area contributed by atoms with E-state index in [2.05, 4.69) is 33.9 Å². The van der Waals surface area contributed by atoms with Crippen molar-refractivity contribution < 1.29 is 13.9 Å². The zero-order valence-corrected chi connectivity index (χ0v) is 12.1. The monoisotopic (exact) mass is 248 g/mol. The van der Waals surface area contributed by atoms with Crippen molar-refractivity contribution in [3.05, 3.63) is 0 Å². The van der Waals surface area contributed by atoms with Crippen LogP contribution in [0.2, 0.25) is 18.1 Å². The van der Waals surface area contributed by atoms with Crippen molar-refractivity contribution in [3.8, 4) is 0 Å². The molecule has 2 nitrogen and oxygen atoms in total. The molecule has 1 N–H and O–H groups in total. The van der Waals surface area contributed by atoms with Crippen molar-refractivity contribution in [2.75, 3.05) is 0 Å². The first kappa shape index (κ1) is 14.1. The van der Waals surface area contributed by atoms with Crippen molar-refractivity contribution in [1.82, 2.24) is 0 Å². The van der Waals surface area contributed by atoms with Gasteiger partial charge in [-0.05, 0) is 31.0 Å². The largest absolute Gasteiger partial charge is 0.411 e. The number of aliphatic hydroxyl groups excluding tert-OH is 1. The molecule has 0 aliphatic heterocycles. The molecule has 0 aromatic heterocycles. The molecule has 0 spiro atoms. The Morgan fingerprint density at radius 1 is 1.25 bits per heavy atom. The third kappa shape index (κ3) is 3.28. The fraction of sp³-hybridized carbons (Fsp3) is 1.00. The lowest BCUT2D eigenvalue weighted by molar-refractivity contribution is -0.00306. The number of rotatable bonds is 2. The van der Waals surface area contributed by atoms with E-state index in [-0.39, 0.29) is 17.6 Å². The highest BCUT2D eigenvalue weighted by Crippen LogP contribution is 2.39. The van der Waals surface area contributed by atoms with Crippen LogP contribution in [-0.4, -0.2) is 31.8 Å². The summed E-state index contributed by atoms with van der Waals surface area (Å²) in [5, 5.41) is 9.49. The van der Waals surface area contributed by atoms with E-state index in [4.69, 9.17) is 4.43 Å². The minimum Gasteiger partial charge on any atom is -0.411 e. The van der Waals surface area contributed by atoms with Gasteiger partial charge in [-0.15, -0.1) is 0 Å². The topological polar surface area (TPSA) is 29.5 Å². The molecule has 3 unspecified atom stereocenters. The lowest BCUT2D eigenvalue weighted by Gasteiger charge is -2.41. The average Bonchev–Trinajstić information content (AvgIpc) is 2.08. The molecule has 1 saturated carbocycles. The number of hydrogen-bond donors (Lipinski definition) is 1. The fourth-order valence-electron chi connectivity index (χ4n) is 1.76. The van der Waals surface area contributed by atoms with Gasteiger partial charge in [0.25, 0.3) is 0 Å². The summed E-state index contributed by atoms with van der Waals surface area (Å²) in [7, 11) is -1.88. The molecule has 0 aromatic rings. The van der Waals surface area contributed by atoms with Crippen LogP contribution >= 0.6 is 0 Å². The summed E-state index contributed by atoms with van der Waals surface area (Å²) >= 11 is 0. The SMILES string of the molecule is CC(C)(C)[Si](C)(C)OC1CCC(O)CC1F. The molecule has 96 valence electrons. The van der Waals surface area contributed by atoms with Crippen LogP contribution in [0.15, 0.2) is 0 Å². The third-order valence-electron chi connectivity index (χ3n) is 3.94. The van der Waals surface area contributed by atoms with Crippen molar-refractivity contribution >= 4 is 8.32 Å². The van der Waals surface area contributed by atoms with Gasteiger partial charge in [-0.3, -0.25) is 0 Å². The maximum atomic E-state index is 13.8. The lowest BCUT2D eigenvalue weighted by atomic mass is 9.94. The first-order chi connectivity index (χ1) is 7.13. The zero-order chi connectivity index (χ0) is 12.6. The van der Waals surface area contributed by atoms with E-state index in [1.165, 1.54) is 0 Å². The van der Waals surface area contributed by atoms with Crippen molar-refractivity contribution in [1.29, 1.82) is 0 Å². The van der Waals surface area contributed by atoms with Crippen molar-refractivity contribution in [2.24, 2.45) is 0 Å². The molecule has 0 saturated heterocycles. The van der Waals surface area contributed by atoms with E-state index in [1.54, 1.807) is 0 Å². The average molecular weight is 248 g/mol. The van der Waals surface area contributed by atoms with Crippen LogP contribution in [0, 0.1) is 0 Å². The number of halogens is 1. The maximum Gasteiger partial charge on any atom is 0.192 e. The normalized spacial score (nSPS) is 32.8. The van der Waals surface area contributed by atoms with Crippen LogP contribution < -0.4 is 0 Å². The number of hydrogen-bond acceptors (Lipinski definition) is 2. The summed E-state index contributed by atoms with van der Waals surface area (Å²) < 4.78 is 19.8. The van der Waals surface area contributed by atoms with Crippen LogP contribution in [0.4, 0.5) is 4.39 Å². The second-order valence-electron chi connectivity index (χ2n) is 6.40. The van der Waals surface area contributed by atoms with Gasteiger partial charge in [0, 0.05) is 6.42 Å². The summed E-state index contributed by atoms with van der Waals surface area (Å²) in [6, 6.07) is 0. The molecule has 0 bridgehead atoms. The molecule has 0 radical (unpaired) electrons. The molecule has 0 amide bonds. The van der Waals surface area contributed by atoms with E-state index in [0.29, 0.717) is 12.8 Å². The molecule has 1 aliphatic rings.